The van der Waals surface area contributed by atoms with Gasteiger partial charge in [-0.05, 0) is 25.0 Å². The highest BCUT2D eigenvalue weighted by Crippen LogP contribution is 2.17. The Kier molecular flexibility index (Phi) is 7.92. The molecule has 0 aliphatic carbocycles. The second-order valence-corrected chi connectivity index (χ2v) is 7.22. The largest absolute Gasteiger partial charge is 0.385 e. The number of carbonyl (C=O) groups excluding carboxylic acids is 2. The number of carbonyl (C=O) groups is 2. The maximum atomic E-state index is 13.1. The van der Waals surface area contributed by atoms with E-state index >= 15 is 0 Å². The van der Waals surface area contributed by atoms with Crippen LogP contribution in [0.2, 0.25) is 0 Å². The van der Waals surface area contributed by atoms with Crippen LogP contribution >= 0.6 is 0 Å². The summed E-state index contributed by atoms with van der Waals surface area (Å²) in [5.74, 6) is 0.697. The molecule has 1 aliphatic heterocycles. The van der Waals surface area contributed by atoms with Crippen molar-refractivity contribution < 1.29 is 14.3 Å². The lowest BCUT2D eigenvalue weighted by Gasteiger charge is -2.34. The van der Waals surface area contributed by atoms with E-state index in [1.54, 1.807) is 24.2 Å². The summed E-state index contributed by atoms with van der Waals surface area (Å²) >= 11 is 0. The highest BCUT2D eigenvalue weighted by molar-refractivity contribution is 5.95. The van der Waals surface area contributed by atoms with E-state index < -0.39 is 0 Å². The molecule has 0 saturated carbocycles. The number of pyridine rings is 1. The number of nitrogens with zero attached hydrogens (tertiary/aromatic N) is 5. The summed E-state index contributed by atoms with van der Waals surface area (Å²) in [7, 11) is 1.65. The van der Waals surface area contributed by atoms with Crippen LogP contribution in [-0.2, 0) is 16.0 Å². The third-order valence-corrected chi connectivity index (χ3v) is 5.17. The smallest absolute Gasteiger partial charge is 0.257 e. The van der Waals surface area contributed by atoms with E-state index in [0.717, 1.165) is 12.1 Å². The van der Waals surface area contributed by atoms with E-state index in [-0.39, 0.29) is 11.8 Å². The molecule has 1 aliphatic rings. The summed E-state index contributed by atoms with van der Waals surface area (Å²) in [5, 5.41) is 7.30. The van der Waals surface area contributed by atoms with E-state index in [4.69, 9.17) is 4.74 Å². The fourth-order valence-electron chi connectivity index (χ4n) is 3.55. The Morgan fingerprint density at radius 1 is 1.20 bits per heavy atom. The molecule has 9 nitrogen and oxygen atoms in total. The van der Waals surface area contributed by atoms with Crippen LogP contribution in [0.15, 0.2) is 30.6 Å². The van der Waals surface area contributed by atoms with Crippen LogP contribution < -0.4 is 5.32 Å². The SMILES string of the molecule is CCc1c(C(=O)N2CCN(CC(=O)NCCCOC)CC2)cnn1-c1ccccn1. The molecule has 1 fully saturated rings. The minimum Gasteiger partial charge on any atom is -0.385 e. The summed E-state index contributed by atoms with van der Waals surface area (Å²) in [5.41, 5.74) is 1.48. The van der Waals surface area contributed by atoms with E-state index in [1.807, 2.05) is 30.0 Å². The second-order valence-electron chi connectivity index (χ2n) is 7.22. The van der Waals surface area contributed by atoms with Gasteiger partial charge in [-0.15, -0.1) is 0 Å². The molecule has 3 rings (SSSR count). The van der Waals surface area contributed by atoms with Gasteiger partial charge in [0.05, 0.1) is 24.0 Å². The molecule has 2 aromatic rings. The number of hydrogen-bond acceptors (Lipinski definition) is 6. The second kappa shape index (κ2) is 10.8. The van der Waals surface area contributed by atoms with Gasteiger partial charge in [0, 0.05) is 52.6 Å². The van der Waals surface area contributed by atoms with E-state index in [9.17, 15) is 9.59 Å². The van der Waals surface area contributed by atoms with Gasteiger partial charge in [-0.2, -0.15) is 5.10 Å². The lowest BCUT2D eigenvalue weighted by molar-refractivity contribution is -0.122. The molecule has 0 atom stereocenters. The monoisotopic (exact) mass is 414 g/mol. The number of methoxy groups -OCH3 is 1. The first-order chi connectivity index (χ1) is 14.6. The average molecular weight is 415 g/mol. The molecule has 1 saturated heterocycles. The summed E-state index contributed by atoms with van der Waals surface area (Å²) in [6, 6.07) is 5.63. The van der Waals surface area contributed by atoms with Gasteiger partial charge in [0.1, 0.15) is 0 Å². The van der Waals surface area contributed by atoms with Crippen LogP contribution in [0, 0.1) is 0 Å². The van der Waals surface area contributed by atoms with E-state index in [2.05, 4.69) is 20.3 Å². The fourth-order valence-corrected chi connectivity index (χ4v) is 3.55. The molecule has 0 bridgehead atoms. The van der Waals surface area contributed by atoms with Gasteiger partial charge >= 0.3 is 0 Å². The highest BCUT2D eigenvalue weighted by Gasteiger charge is 2.26. The van der Waals surface area contributed by atoms with Crippen molar-refractivity contribution in [2.45, 2.75) is 19.8 Å². The number of rotatable bonds is 9. The minimum atomic E-state index is -0.0160. The summed E-state index contributed by atoms with van der Waals surface area (Å²) in [6.45, 7) is 6.15. The predicted octanol–water partition coefficient (Wildman–Crippen LogP) is 0.740. The number of amides is 2. The zero-order chi connectivity index (χ0) is 21.3. The molecule has 0 unspecified atom stereocenters. The summed E-state index contributed by atoms with van der Waals surface area (Å²) in [4.78, 5) is 33.4. The number of ether oxygens (including phenoxy) is 1. The van der Waals surface area contributed by atoms with Crippen LogP contribution in [0.3, 0.4) is 0 Å². The van der Waals surface area contributed by atoms with Crippen molar-refractivity contribution in [2.24, 2.45) is 0 Å². The quantitative estimate of drug-likeness (QED) is 0.609. The molecule has 0 radical (unpaired) electrons. The van der Waals surface area contributed by atoms with Crippen LogP contribution in [0.1, 0.15) is 29.4 Å². The molecule has 0 spiro atoms. The minimum absolute atomic E-state index is 0.00999. The zero-order valence-electron chi connectivity index (χ0n) is 17.7. The van der Waals surface area contributed by atoms with E-state index in [1.165, 1.54) is 0 Å². The average Bonchev–Trinajstić information content (AvgIpc) is 3.21. The first-order valence-electron chi connectivity index (χ1n) is 10.4. The van der Waals surface area contributed by atoms with Crippen molar-refractivity contribution in [3.63, 3.8) is 0 Å². The van der Waals surface area contributed by atoms with E-state index in [0.29, 0.717) is 63.7 Å². The Morgan fingerprint density at radius 3 is 2.67 bits per heavy atom. The third kappa shape index (κ3) is 5.43. The van der Waals surface area contributed by atoms with Gasteiger partial charge in [0.2, 0.25) is 5.91 Å². The Morgan fingerprint density at radius 2 is 2.00 bits per heavy atom. The molecule has 0 aromatic carbocycles. The zero-order valence-corrected chi connectivity index (χ0v) is 17.7. The number of hydrogen-bond donors (Lipinski definition) is 1. The van der Waals surface area contributed by atoms with Crippen molar-refractivity contribution >= 4 is 11.8 Å². The third-order valence-electron chi connectivity index (χ3n) is 5.17. The highest BCUT2D eigenvalue weighted by atomic mass is 16.5. The maximum absolute atomic E-state index is 13.1. The lowest BCUT2D eigenvalue weighted by Crippen LogP contribution is -2.51. The van der Waals surface area contributed by atoms with Crippen molar-refractivity contribution in [1.82, 2.24) is 29.9 Å². The Bertz CT molecular complexity index is 831. The van der Waals surface area contributed by atoms with Crippen LogP contribution in [0.25, 0.3) is 5.82 Å². The normalized spacial score (nSPS) is 14.7. The first kappa shape index (κ1) is 21.9. The van der Waals surface area contributed by atoms with Gasteiger partial charge in [-0.25, -0.2) is 9.67 Å². The summed E-state index contributed by atoms with van der Waals surface area (Å²) in [6.07, 6.45) is 4.83. The van der Waals surface area contributed by atoms with Gasteiger partial charge < -0.3 is 15.0 Å². The lowest BCUT2D eigenvalue weighted by atomic mass is 10.1. The van der Waals surface area contributed by atoms with Gasteiger partial charge in [-0.3, -0.25) is 14.5 Å². The Hall–Kier alpha value is -2.78. The Labute approximate surface area is 177 Å². The van der Waals surface area contributed by atoms with Gasteiger partial charge in [0.15, 0.2) is 5.82 Å². The predicted molar refractivity (Wildman–Crippen MR) is 113 cm³/mol. The van der Waals surface area contributed by atoms with Crippen LogP contribution in [-0.4, -0.2) is 89.4 Å². The number of piperazine rings is 1. The molecule has 1 N–H and O–H groups in total. The number of aromatic nitrogens is 3. The molecule has 3 heterocycles. The molecule has 2 amide bonds. The molecular weight excluding hydrogens is 384 g/mol. The Balaban J connectivity index is 1.54. The maximum Gasteiger partial charge on any atom is 0.257 e. The van der Waals surface area contributed by atoms with Crippen molar-refractivity contribution in [3.8, 4) is 5.82 Å². The first-order valence-corrected chi connectivity index (χ1v) is 10.4. The molecule has 30 heavy (non-hydrogen) atoms. The number of nitrogens with one attached hydrogen (secondary N) is 1. The standard InChI is InChI=1S/C21H30N6O3/c1-3-18-17(15-24-27(18)19-7-4-5-8-22-19)21(29)26-12-10-25(11-13-26)16-20(28)23-9-6-14-30-2/h4-5,7-8,15H,3,6,9-14,16H2,1-2H3,(H,23,28). The summed E-state index contributed by atoms with van der Waals surface area (Å²) < 4.78 is 6.71. The van der Waals surface area contributed by atoms with Crippen molar-refractivity contribution in [3.05, 3.63) is 41.9 Å². The van der Waals surface area contributed by atoms with Crippen LogP contribution in [0.4, 0.5) is 0 Å². The van der Waals surface area contributed by atoms with Gasteiger partial charge in [-0.1, -0.05) is 13.0 Å². The molecular formula is C21H30N6O3. The molecule has 162 valence electrons. The van der Waals surface area contributed by atoms with Gasteiger partial charge in [0.25, 0.3) is 5.91 Å². The molecule has 9 heteroatoms. The topological polar surface area (TPSA) is 92.6 Å². The fraction of sp³-hybridized carbons (Fsp3) is 0.524. The van der Waals surface area contributed by atoms with Crippen molar-refractivity contribution in [2.75, 3.05) is 53.0 Å². The van der Waals surface area contributed by atoms with Crippen molar-refractivity contribution in [1.29, 1.82) is 0 Å². The van der Waals surface area contributed by atoms with Crippen LogP contribution in [0.5, 0.6) is 0 Å². The molecule has 2 aromatic heterocycles.